The van der Waals surface area contributed by atoms with E-state index in [1.54, 1.807) is 0 Å². The van der Waals surface area contributed by atoms with Gasteiger partial charge < -0.3 is 10.4 Å². The highest BCUT2D eigenvalue weighted by Crippen LogP contribution is 2.01. The predicted octanol–water partition coefficient (Wildman–Crippen LogP) is 0.329. The van der Waals surface area contributed by atoms with E-state index in [4.69, 9.17) is 12.0 Å². The lowest BCUT2D eigenvalue weighted by molar-refractivity contribution is -0.140. The highest BCUT2D eigenvalue weighted by Gasteiger charge is 2.17. The number of carbonyl (C=O) groups is 2. The minimum Gasteiger partial charge on any atom is -0.480 e. The van der Waals surface area contributed by atoms with Crippen LogP contribution in [0.4, 0.5) is 0 Å². The van der Waals surface area contributed by atoms with Gasteiger partial charge in [0, 0.05) is 19.5 Å². The molecule has 2 N–H and O–H groups in total. The minimum absolute atomic E-state index is 0.339. The summed E-state index contributed by atoms with van der Waals surface area (Å²) in [6.07, 6.45) is 0. The largest absolute Gasteiger partial charge is 0.480 e. The molecule has 12 heavy (non-hydrogen) atoms. The van der Waals surface area contributed by atoms with E-state index in [0.717, 1.165) is 6.92 Å². The number of carboxylic acids is 1. The highest BCUT2D eigenvalue weighted by molar-refractivity contribution is 7.99. The fourth-order valence-corrected chi connectivity index (χ4v) is 1.02. The molecule has 1 unspecified atom stereocenters. The van der Waals surface area contributed by atoms with Gasteiger partial charge >= 0.3 is 5.97 Å². The molecule has 0 aromatic carbocycles. The van der Waals surface area contributed by atoms with Crippen molar-refractivity contribution < 1.29 is 21.5 Å². The van der Waals surface area contributed by atoms with Crippen molar-refractivity contribution in [2.75, 3.05) is 11.5 Å². The van der Waals surface area contributed by atoms with Crippen molar-refractivity contribution in [3.05, 3.63) is 0 Å². The number of thioether (sulfide) groups is 1. The Morgan fingerprint density at radius 3 is 2.92 bits per heavy atom. The zero-order chi connectivity index (χ0) is 13.9. The van der Waals surface area contributed by atoms with Crippen LogP contribution in [0, 0.1) is 0 Å². The van der Waals surface area contributed by atoms with Crippen molar-refractivity contribution in [1.82, 2.24) is 5.32 Å². The van der Waals surface area contributed by atoms with Crippen molar-refractivity contribution in [2.45, 2.75) is 19.8 Å². The van der Waals surface area contributed by atoms with Crippen LogP contribution >= 0.6 is 11.8 Å². The molecule has 0 radical (unpaired) electrons. The van der Waals surface area contributed by atoms with Gasteiger partial charge in [0.2, 0.25) is 5.91 Å². The molecule has 70 valence electrons. The van der Waals surface area contributed by atoms with Crippen LogP contribution in [0.2, 0.25) is 0 Å². The van der Waals surface area contributed by atoms with Crippen LogP contribution in [0.25, 0.3) is 0 Å². The number of amides is 1. The van der Waals surface area contributed by atoms with Gasteiger partial charge in [0.15, 0.2) is 0 Å². The Bertz CT molecular complexity index is 306. The Balaban J connectivity index is 4.51. The van der Waals surface area contributed by atoms with Crippen LogP contribution in [0.3, 0.4) is 0 Å². The van der Waals surface area contributed by atoms with Crippen molar-refractivity contribution in [3.63, 3.8) is 0 Å². The highest BCUT2D eigenvalue weighted by atomic mass is 32.2. The average molecular weight is 196 g/mol. The topological polar surface area (TPSA) is 66.4 Å². The zero-order valence-corrected chi connectivity index (χ0v) is 7.27. The first-order chi connectivity index (χ1) is 7.47. The Morgan fingerprint density at radius 2 is 2.50 bits per heavy atom. The average Bonchev–Trinajstić information content (AvgIpc) is 2.09. The van der Waals surface area contributed by atoms with Crippen LogP contribution in [0.15, 0.2) is 0 Å². The first-order valence-electron chi connectivity index (χ1n) is 5.61. The van der Waals surface area contributed by atoms with Crippen molar-refractivity contribution in [3.8, 4) is 0 Å². The van der Waals surface area contributed by atoms with Gasteiger partial charge in [-0.3, -0.25) is 4.79 Å². The summed E-state index contributed by atoms with van der Waals surface area (Å²) in [5, 5.41) is 10.8. The number of nitrogens with one attached hydrogen (secondary N) is 1. The molecule has 0 fully saturated rings. The lowest BCUT2D eigenvalue weighted by Gasteiger charge is -2.11. The maximum Gasteiger partial charge on any atom is 0.327 e. The second-order valence-electron chi connectivity index (χ2n) is 2.00. The van der Waals surface area contributed by atoms with E-state index in [-0.39, 0.29) is 5.75 Å². The third-order valence-corrected chi connectivity index (χ3v) is 1.64. The van der Waals surface area contributed by atoms with E-state index in [9.17, 15) is 9.59 Å². The lowest BCUT2D eigenvalue weighted by atomic mass is 10.3. The molecule has 4 nitrogen and oxygen atoms in total. The second kappa shape index (κ2) is 5.88. The molecule has 1 atom stereocenters. The maximum absolute atomic E-state index is 10.7. The summed E-state index contributed by atoms with van der Waals surface area (Å²) in [5.74, 6) is -2.28. The summed E-state index contributed by atoms with van der Waals surface area (Å²) in [6, 6.07) is -1.31. The number of rotatable bonds is 5. The van der Waals surface area contributed by atoms with Crippen molar-refractivity contribution in [1.29, 1.82) is 0 Å². The molecule has 0 aromatic heterocycles. The first kappa shape index (κ1) is 5.11. The van der Waals surface area contributed by atoms with E-state index in [1.807, 2.05) is 0 Å². The normalized spacial score (nSPS) is 20.6. The van der Waals surface area contributed by atoms with E-state index < -0.39 is 30.5 Å². The first-order valence-corrected chi connectivity index (χ1v) is 4.10. The molecule has 0 rings (SSSR count). The number of aliphatic carboxylic acids is 1. The Hall–Kier alpha value is -0.710. The van der Waals surface area contributed by atoms with Gasteiger partial charge in [-0.25, -0.2) is 4.79 Å². The summed E-state index contributed by atoms with van der Waals surface area (Å²) in [4.78, 5) is 21.4. The maximum atomic E-state index is 10.7. The smallest absolute Gasteiger partial charge is 0.327 e. The van der Waals surface area contributed by atoms with Crippen molar-refractivity contribution in [2.24, 2.45) is 0 Å². The molecule has 0 aliphatic carbocycles. The Kier molecular flexibility index (Phi) is 2.51. The Morgan fingerprint density at radius 1 is 1.83 bits per heavy atom. The van der Waals surface area contributed by atoms with Crippen LogP contribution in [0.5, 0.6) is 0 Å². The molecule has 0 saturated carbocycles. The lowest BCUT2D eigenvalue weighted by Crippen LogP contribution is -2.41. The van der Waals surface area contributed by atoms with E-state index in [0.29, 0.717) is 11.8 Å². The predicted molar refractivity (Wildman–Crippen MR) is 48.2 cm³/mol. The molecule has 0 aliphatic rings. The molecule has 0 aliphatic heterocycles. The fraction of sp³-hybridized carbons (Fsp3) is 0.714. The Labute approximate surface area is 82.7 Å². The number of carbonyl (C=O) groups excluding carboxylic acids is 1. The van der Waals surface area contributed by atoms with Crippen LogP contribution in [-0.2, 0) is 9.59 Å². The molecule has 0 aromatic rings. The molecule has 0 saturated heterocycles. The molecule has 1 amide bonds. The van der Waals surface area contributed by atoms with E-state index in [1.165, 1.54) is 0 Å². The van der Waals surface area contributed by atoms with Crippen molar-refractivity contribution >= 4 is 23.6 Å². The molecule has 0 heterocycles. The van der Waals surface area contributed by atoms with Gasteiger partial charge in [-0.1, -0.05) is 6.85 Å². The second-order valence-corrected chi connectivity index (χ2v) is 2.83. The summed E-state index contributed by atoms with van der Waals surface area (Å²) in [6.45, 7) is -1.73. The molecular formula is C7H13NO3S. The minimum atomic E-state index is -2.85. The van der Waals surface area contributed by atoms with Gasteiger partial charge in [-0.2, -0.15) is 11.8 Å². The van der Waals surface area contributed by atoms with Gasteiger partial charge in [-0.15, -0.1) is 0 Å². The van der Waals surface area contributed by atoms with Gasteiger partial charge in [0.1, 0.15) is 6.04 Å². The summed E-state index contributed by atoms with van der Waals surface area (Å²) < 4.78 is 35.3. The quantitative estimate of drug-likeness (QED) is 0.665. The third-order valence-electron chi connectivity index (χ3n) is 0.998. The molecular weight excluding hydrogens is 178 g/mol. The SMILES string of the molecule is [2H]C([2H])([2H])C([2H])([2H])SCC(NC(C)=O)C(=O)O. The fourth-order valence-electron chi connectivity index (χ4n) is 0.545. The molecule has 0 spiro atoms. The van der Waals surface area contributed by atoms with Crippen LogP contribution < -0.4 is 5.32 Å². The van der Waals surface area contributed by atoms with Gasteiger partial charge in [0.25, 0.3) is 0 Å². The number of hydrogen-bond donors (Lipinski definition) is 2. The monoisotopic (exact) mass is 196 g/mol. The number of hydrogen-bond acceptors (Lipinski definition) is 3. The zero-order valence-electron chi connectivity index (χ0n) is 11.5. The van der Waals surface area contributed by atoms with Crippen LogP contribution in [0.1, 0.15) is 20.6 Å². The summed E-state index contributed by atoms with van der Waals surface area (Å²) in [7, 11) is 0. The summed E-state index contributed by atoms with van der Waals surface area (Å²) >= 11 is 0.339. The standard InChI is InChI=1S/C7H13NO3S/c1-3-12-4-6(7(10)11)8-5(2)9/h6H,3-4H2,1-2H3,(H,8,9)(H,10,11)/i1D3,3D2. The third kappa shape index (κ3) is 5.01. The van der Waals surface area contributed by atoms with Gasteiger partial charge in [-0.05, 0) is 5.70 Å². The van der Waals surface area contributed by atoms with Crippen LogP contribution in [-0.4, -0.2) is 34.5 Å². The summed E-state index contributed by atoms with van der Waals surface area (Å²) in [5.41, 5.74) is -2.56. The molecule has 5 heteroatoms. The van der Waals surface area contributed by atoms with E-state index >= 15 is 0 Å². The van der Waals surface area contributed by atoms with Gasteiger partial charge in [0.05, 0.1) is 0 Å². The number of carboxylic acid groups (broad SMARTS) is 1. The van der Waals surface area contributed by atoms with E-state index in [2.05, 4.69) is 5.32 Å². The molecule has 0 bridgehead atoms.